The number of ether oxygens (including phenoxy) is 3. The van der Waals surface area contributed by atoms with Crippen molar-refractivity contribution in [3.05, 3.63) is 29.3 Å². The van der Waals surface area contributed by atoms with E-state index in [0.29, 0.717) is 5.75 Å². The van der Waals surface area contributed by atoms with Crippen LogP contribution in [0.3, 0.4) is 0 Å². The Morgan fingerprint density at radius 3 is 2.30 bits per heavy atom. The third kappa shape index (κ3) is 4.27. The maximum Gasteiger partial charge on any atom is 0.339 e. The molecule has 0 saturated carbocycles. The van der Waals surface area contributed by atoms with Gasteiger partial charge in [0.2, 0.25) is 0 Å². The van der Waals surface area contributed by atoms with E-state index in [-0.39, 0.29) is 24.3 Å². The maximum absolute atomic E-state index is 11.8. The molecule has 20 heavy (non-hydrogen) atoms. The van der Waals surface area contributed by atoms with Crippen LogP contribution in [0.1, 0.15) is 27.6 Å². The lowest BCUT2D eigenvalue weighted by Gasteiger charge is -2.09. The van der Waals surface area contributed by atoms with Gasteiger partial charge in [-0.3, -0.25) is 4.79 Å². The first kappa shape index (κ1) is 15.5. The second kappa shape index (κ2) is 7.13. The topological polar surface area (TPSA) is 99.1 Å². The number of rotatable bonds is 6. The van der Waals surface area contributed by atoms with Crippen molar-refractivity contribution in [1.29, 1.82) is 0 Å². The van der Waals surface area contributed by atoms with Crippen molar-refractivity contribution in [3.63, 3.8) is 0 Å². The van der Waals surface area contributed by atoms with E-state index in [9.17, 15) is 14.4 Å². The molecule has 1 N–H and O–H groups in total. The second-order valence-corrected chi connectivity index (χ2v) is 3.69. The van der Waals surface area contributed by atoms with E-state index in [2.05, 4.69) is 4.74 Å². The monoisotopic (exact) mass is 282 g/mol. The van der Waals surface area contributed by atoms with Gasteiger partial charge in [0, 0.05) is 6.92 Å². The standard InChI is InChI=1S/C13H14O7/c1-8(14)19-5-6-20-13(17)11-7-9(18-2)3-4-10(11)12(15)16/h3-4,7H,5-6H2,1-2H3,(H,15,16). The Hall–Kier alpha value is -2.57. The van der Waals surface area contributed by atoms with Gasteiger partial charge in [-0.05, 0) is 18.2 Å². The number of hydrogen-bond acceptors (Lipinski definition) is 6. The number of hydrogen-bond donors (Lipinski definition) is 1. The number of carbonyl (C=O) groups is 3. The second-order valence-electron chi connectivity index (χ2n) is 3.69. The zero-order valence-electron chi connectivity index (χ0n) is 11.0. The van der Waals surface area contributed by atoms with E-state index in [4.69, 9.17) is 14.6 Å². The van der Waals surface area contributed by atoms with E-state index in [0.717, 1.165) is 0 Å². The molecule has 7 heteroatoms. The number of aromatic carboxylic acids is 1. The average Bonchev–Trinajstić information content (AvgIpc) is 2.42. The molecule has 0 heterocycles. The number of carboxylic acids is 1. The summed E-state index contributed by atoms with van der Waals surface area (Å²) in [6.45, 7) is 0.981. The average molecular weight is 282 g/mol. The number of benzene rings is 1. The van der Waals surface area contributed by atoms with Gasteiger partial charge >= 0.3 is 17.9 Å². The van der Waals surface area contributed by atoms with Crippen LogP contribution in [-0.4, -0.2) is 43.3 Å². The van der Waals surface area contributed by atoms with Crippen molar-refractivity contribution in [3.8, 4) is 5.75 Å². The summed E-state index contributed by atoms with van der Waals surface area (Å²) < 4.78 is 14.4. The Morgan fingerprint density at radius 1 is 1.10 bits per heavy atom. The largest absolute Gasteiger partial charge is 0.497 e. The van der Waals surface area contributed by atoms with Gasteiger partial charge in [0.25, 0.3) is 0 Å². The van der Waals surface area contributed by atoms with Crippen LogP contribution in [0.15, 0.2) is 18.2 Å². The molecule has 0 atom stereocenters. The molecular formula is C13H14O7. The summed E-state index contributed by atoms with van der Waals surface area (Å²) in [7, 11) is 1.39. The molecule has 1 aromatic carbocycles. The molecular weight excluding hydrogens is 268 g/mol. The maximum atomic E-state index is 11.8. The highest BCUT2D eigenvalue weighted by Crippen LogP contribution is 2.18. The highest BCUT2D eigenvalue weighted by molar-refractivity contribution is 6.02. The van der Waals surface area contributed by atoms with Crippen LogP contribution in [0.5, 0.6) is 5.75 Å². The summed E-state index contributed by atoms with van der Waals surface area (Å²) >= 11 is 0. The Morgan fingerprint density at radius 2 is 1.75 bits per heavy atom. The van der Waals surface area contributed by atoms with Crippen molar-refractivity contribution in [1.82, 2.24) is 0 Å². The molecule has 108 valence electrons. The minimum Gasteiger partial charge on any atom is -0.497 e. The molecule has 0 aromatic heterocycles. The molecule has 0 aliphatic heterocycles. The fourth-order valence-electron chi connectivity index (χ4n) is 1.40. The van der Waals surface area contributed by atoms with Crippen LogP contribution >= 0.6 is 0 Å². The number of carboxylic acid groups (broad SMARTS) is 1. The lowest BCUT2D eigenvalue weighted by atomic mass is 10.1. The van der Waals surface area contributed by atoms with Crippen molar-refractivity contribution in [2.24, 2.45) is 0 Å². The third-order valence-corrected chi connectivity index (χ3v) is 2.30. The lowest BCUT2D eigenvalue weighted by molar-refractivity contribution is -0.142. The Kier molecular flexibility index (Phi) is 5.52. The minimum atomic E-state index is -1.25. The zero-order chi connectivity index (χ0) is 15.1. The first-order chi connectivity index (χ1) is 9.45. The molecule has 0 radical (unpaired) electrons. The summed E-state index contributed by atoms with van der Waals surface area (Å²) in [5, 5.41) is 9.00. The number of carbonyl (C=O) groups excluding carboxylic acids is 2. The highest BCUT2D eigenvalue weighted by atomic mass is 16.6. The SMILES string of the molecule is COc1ccc(C(=O)O)c(C(=O)OCCOC(C)=O)c1. The normalized spacial score (nSPS) is 9.70. The van der Waals surface area contributed by atoms with Crippen LogP contribution in [0, 0.1) is 0 Å². The molecule has 0 saturated heterocycles. The van der Waals surface area contributed by atoms with E-state index in [1.54, 1.807) is 0 Å². The van der Waals surface area contributed by atoms with E-state index in [1.807, 2.05) is 0 Å². The van der Waals surface area contributed by atoms with Crippen molar-refractivity contribution in [2.75, 3.05) is 20.3 Å². The van der Waals surface area contributed by atoms with Crippen LogP contribution in [0.25, 0.3) is 0 Å². The summed E-state index contributed by atoms with van der Waals surface area (Å²) in [5.41, 5.74) is -0.317. The molecule has 0 bridgehead atoms. The molecule has 0 spiro atoms. The molecule has 0 amide bonds. The summed E-state index contributed by atoms with van der Waals surface area (Å²) in [6, 6.07) is 3.96. The fourth-order valence-corrected chi connectivity index (χ4v) is 1.40. The van der Waals surface area contributed by atoms with Crippen LogP contribution in [-0.2, 0) is 14.3 Å². The van der Waals surface area contributed by atoms with Gasteiger partial charge in [0.05, 0.1) is 18.2 Å². The predicted octanol–water partition coefficient (Wildman–Crippen LogP) is 1.11. The van der Waals surface area contributed by atoms with Crippen molar-refractivity contribution in [2.45, 2.75) is 6.92 Å². The number of methoxy groups -OCH3 is 1. The van der Waals surface area contributed by atoms with E-state index < -0.39 is 17.9 Å². The van der Waals surface area contributed by atoms with Gasteiger partial charge in [-0.15, -0.1) is 0 Å². The first-order valence-corrected chi connectivity index (χ1v) is 5.67. The van der Waals surface area contributed by atoms with Crippen molar-refractivity contribution >= 4 is 17.9 Å². The Labute approximate surface area is 115 Å². The van der Waals surface area contributed by atoms with Gasteiger partial charge in [-0.25, -0.2) is 9.59 Å². The van der Waals surface area contributed by atoms with Gasteiger partial charge in [-0.2, -0.15) is 0 Å². The molecule has 1 rings (SSSR count). The van der Waals surface area contributed by atoms with Crippen molar-refractivity contribution < 1.29 is 33.7 Å². The van der Waals surface area contributed by atoms with Gasteiger partial charge in [-0.1, -0.05) is 0 Å². The highest BCUT2D eigenvalue weighted by Gasteiger charge is 2.18. The summed E-state index contributed by atoms with van der Waals surface area (Å²) in [5.74, 6) is -2.23. The quantitative estimate of drug-likeness (QED) is 0.616. The third-order valence-electron chi connectivity index (χ3n) is 2.30. The number of esters is 2. The summed E-state index contributed by atoms with van der Waals surface area (Å²) in [4.78, 5) is 33.4. The summed E-state index contributed by atoms with van der Waals surface area (Å²) in [6.07, 6.45) is 0. The van der Waals surface area contributed by atoms with Crippen LogP contribution < -0.4 is 4.74 Å². The Balaban J connectivity index is 2.79. The van der Waals surface area contributed by atoms with Gasteiger partial charge in [0.15, 0.2) is 0 Å². The molecule has 0 aliphatic rings. The molecule has 0 unspecified atom stereocenters. The molecule has 1 aromatic rings. The predicted molar refractivity (Wildman–Crippen MR) is 66.9 cm³/mol. The van der Waals surface area contributed by atoms with E-state index in [1.165, 1.54) is 32.2 Å². The lowest BCUT2D eigenvalue weighted by Crippen LogP contribution is -2.15. The fraction of sp³-hybridized carbons (Fsp3) is 0.308. The van der Waals surface area contributed by atoms with Gasteiger partial charge < -0.3 is 19.3 Å². The van der Waals surface area contributed by atoms with Crippen LogP contribution in [0.2, 0.25) is 0 Å². The molecule has 7 nitrogen and oxygen atoms in total. The molecule has 0 fully saturated rings. The van der Waals surface area contributed by atoms with Gasteiger partial charge in [0.1, 0.15) is 19.0 Å². The zero-order valence-corrected chi connectivity index (χ0v) is 11.0. The minimum absolute atomic E-state index is 0.0898. The van der Waals surface area contributed by atoms with Crippen LogP contribution in [0.4, 0.5) is 0 Å². The van der Waals surface area contributed by atoms with E-state index >= 15 is 0 Å². The Bertz CT molecular complexity index is 521. The molecule has 0 aliphatic carbocycles. The first-order valence-electron chi connectivity index (χ1n) is 5.67. The smallest absolute Gasteiger partial charge is 0.339 e.